The molecule has 0 amide bonds. The summed E-state index contributed by atoms with van der Waals surface area (Å²) < 4.78 is 0. The van der Waals surface area contributed by atoms with Crippen LogP contribution in [0.1, 0.15) is 60.9 Å². The summed E-state index contributed by atoms with van der Waals surface area (Å²) in [5.74, 6) is 0. The van der Waals surface area contributed by atoms with Crippen molar-refractivity contribution in [3.05, 3.63) is 70.8 Å². The van der Waals surface area contributed by atoms with Crippen molar-refractivity contribution in [1.82, 2.24) is 9.80 Å². The van der Waals surface area contributed by atoms with E-state index in [1.165, 1.54) is 36.8 Å². The molecular weight excluding hydrogens is 354 g/mol. The van der Waals surface area contributed by atoms with Crippen molar-refractivity contribution in [2.75, 3.05) is 32.7 Å². The smallest absolute Gasteiger partial charge is 0.0994 e. The molecule has 3 nitrogen and oxygen atoms in total. The zero-order valence-corrected chi connectivity index (χ0v) is 18.1. The van der Waals surface area contributed by atoms with E-state index < -0.39 is 0 Å². The molecule has 3 rings (SSSR count). The lowest BCUT2D eigenvalue weighted by atomic mass is 9.95. The molecular formula is C26H35N3. The number of hydrogen-bond donors (Lipinski definition) is 0. The molecule has 0 aliphatic carbocycles. The van der Waals surface area contributed by atoms with Gasteiger partial charge in [0.2, 0.25) is 0 Å². The van der Waals surface area contributed by atoms with Gasteiger partial charge < -0.3 is 4.90 Å². The van der Waals surface area contributed by atoms with E-state index in [-0.39, 0.29) is 0 Å². The first-order chi connectivity index (χ1) is 14.2. The molecule has 0 spiro atoms. The minimum absolute atomic E-state index is 0.476. The molecule has 0 aromatic heterocycles. The van der Waals surface area contributed by atoms with Gasteiger partial charge in [-0.05, 0) is 42.5 Å². The number of piperazine rings is 1. The van der Waals surface area contributed by atoms with Crippen molar-refractivity contribution in [2.24, 2.45) is 0 Å². The number of hydrogen-bond acceptors (Lipinski definition) is 3. The van der Waals surface area contributed by atoms with E-state index in [2.05, 4.69) is 72.2 Å². The van der Waals surface area contributed by atoms with Crippen LogP contribution < -0.4 is 0 Å². The van der Waals surface area contributed by atoms with Crippen LogP contribution in [0.25, 0.3) is 0 Å². The highest BCUT2D eigenvalue weighted by Gasteiger charge is 2.25. The SMILES string of the molecule is CCCCCC(c1ccc(C#N)c(C)c1)N1CCN(CCc2ccccc2)CC1. The van der Waals surface area contributed by atoms with Gasteiger partial charge in [0.25, 0.3) is 0 Å². The fourth-order valence-electron chi connectivity index (χ4n) is 4.40. The summed E-state index contributed by atoms with van der Waals surface area (Å²) in [6.45, 7) is 10.0. The molecule has 154 valence electrons. The van der Waals surface area contributed by atoms with E-state index in [4.69, 9.17) is 0 Å². The highest BCUT2D eigenvalue weighted by Crippen LogP contribution is 2.29. The number of aryl methyl sites for hydroxylation is 1. The maximum absolute atomic E-state index is 9.27. The van der Waals surface area contributed by atoms with E-state index in [1.807, 2.05) is 6.07 Å². The van der Waals surface area contributed by atoms with E-state index in [0.717, 1.165) is 50.3 Å². The number of benzene rings is 2. The number of nitriles is 1. The first-order valence-electron chi connectivity index (χ1n) is 11.2. The molecule has 29 heavy (non-hydrogen) atoms. The molecule has 1 heterocycles. The Balaban J connectivity index is 1.60. The van der Waals surface area contributed by atoms with Crippen LogP contribution in [0.4, 0.5) is 0 Å². The van der Waals surface area contributed by atoms with E-state index >= 15 is 0 Å². The summed E-state index contributed by atoms with van der Waals surface area (Å²) in [6, 6.07) is 20.0. The fourth-order valence-corrected chi connectivity index (χ4v) is 4.40. The summed E-state index contributed by atoms with van der Waals surface area (Å²) in [7, 11) is 0. The van der Waals surface area contributed by atoms with Gasteiger partial charge in [-0.3, -0.25) is 4.90 Å². The van der Waals surface area contributed by atoms with Gasteiger partial charge in [-0.1, -0.05) is 68.7 Å². The summed E-state index contributed by atoms with van der Waals surface area (Å²) in [5, 5.41) is 9.27. The molecule has 2 aromatic rings. The largest absolute Gasteiger partial charge is 0.300 e. The maximum atomic E-state index is 9.27. The summed E-state index contributed by atoms with van der Waals surface area (Å²) >= 11 is 0. The van der Waals surface area contributed by atoms with Gasteiger partial charge in [0.05, 0.1) is 11.6 Å². The van der Waals surface area contributed by atoms with Gasteiger partial charge >= 0.3 is 0 Å². The van der Waals surface area contributed by atoms with E-state index in [0.29, 0.717) is 6.04 Å². The highest BCUT2D eigenvalue weighted by molar-refractivity contribution is 5.40. The molecule has 0 bridgehead atoms. The molecule has 2 aromatic carbocycles. The van der Waals surface area contributed by atoms with Crippen LogP contribution in [0.2, 0.25) is 0 Å². The second-order valence-corrected chi connectivity index (χ2v) is 8.31. The van der Waals surface area contributed by atoms with Crippen LogP contribution in [0.15, 0.2) is 48.5 Å². The maximum Gasteiger partial charge on any atom is 0.0994 e. The highest BCUT2D eigenvalue weighted by atomic mass is 15.3. The van der Waals surface area contributed by atoms with Gasteiger partial charge in [0.15, 0.2) is 0 Å². The second-order valence-electron chi connectivity index (χ2n) is 8.31. The molecule has 0 saturated carbocycles. The van der Waals surface area contributed by atoms with Gasteiger partial charge in [0.1, 0.15) is 0 Å². The van der Waals surface area contributed by atoms with E-state index in [1.54, 1.807) is 0 Å². The quantitative estimate of drug-likeness (QED) is 0.542. The Morgan fingerprint density at radius 1 is 1.00 bits per heavy atom. The summed E-state index contributed by atoms with van der Waals surface area (Å²) in [4.78, 5) is 5.28. The van der Waals surface area contributed by atoms with Gasteiger partial charge in [-0.2, -0.15) is 5.26 Å². The summed E-state index contributed by atoms with van der Waals surface area (Å²) in [5.41, 5.74) is 4.72. The third-order valence-corrected chi connectivity index (χ3v) is 6.24. The van der Waals surface area contributed by atoms with Gasteiger partial charge in [0, 0.05) is 38.8 Å². The Morgan fingerprint density at radius 3 is 2.41 bits per heavy atom. The molecule has 1 saturated heterocycles. The van der Waals surface area contributed by atoms with Crippen molar-refractivity contribution in [3.8, 4) is 6.07 Å². The zero-order valence-electron chi connectivity index (χ0n) is 18.1. The molecule has 1 aliphatic heterocycles. The number of unbranched alkanes of at least 4 members (excludes halogenated alkanes) is 2. The Hall–Kier alpha value is -2.15. The van der Waals surface area contributed by atoms with Crippen LogP contribution >= 0.6 is 0 Å². The average Bonchev–Trinajstić information content (AvgIpc) is 2.76. The molecule has 1 fully saturated rings. The molecule has 0 radical (unpaired) electrons. The van der Waals surface area contributed by atoms with Gasteiger partial charge in [-0.15, -0.1) is 0 Å². The molecule has 1 aliphatic rings. The molecule has 1 unspecified atom stereocenters. The predicted molar refractivity (Wildman–Crippen MR) is 121 cm³/mol. The van der Waals surface area contributed by atoms with Crippen molar-refractivity contribution in [1.29, 1.82) is 5.26 Å². The van der Waals surface area contributed by atoms with Crippen molar-refractivity contribution in [3.63, 3.8) is 0 Å². The second kappa shape index (κ2) is 11.1. The lowest BCUT2D eigenvalue weighted by molar-refractivity contribution is 0.0912. The Kier molecular flexibility index (Phi) is 8.28. The lowest BCUT2D eigenvalue weighted by Gasteiger charge is -2.40. The number of nitrogens with zero attached hydrogens (tertiary/aromatic N) is 3. The van der Waals surface area contributed by atoms with Crippen molar-refractivity contribution >= 4 is 0 Å². The van der Waals surface area contributed by atoms with Crippen LogP contribution in [0.3, 0.4) is 0 Å². The zero-order chi connectivity index (χ0) is 20.5. The fraction of sp³-hybridized carbons (Fsp3) is 0.500. The monoisotopic (exact) mass is 389 g/mol. The lowest BCUT2D eigenvalue weighted by Crippen LogP contribution is -2.48. The van der Waals surface area contributed by atoms with Crippen molar-refractivity contribution < 1.29 is 0 Å². The first-order valence-corrected chi connectivity index (χ1v) is 11.2. The molecule has 3 heteroatoms. The van der Waals surface area contributed by atoms with Crippen molar-refractivity contribution in [2.45, 2.75) is 52.0 Å². The molecule has 1 atom stereocenters. The average molecular weight is 390 g/mol. The third kappa shape index (κ3) is 6.16. The normalized spacial score (nSPS) is 16.4. The van der Waals surface area contributed by atoms with Gasteiger partial charge in [-0.25, -0.2) is 0 Å². The van der Waals surface area contributed by atoms with Crippen LogP contribution in [0.5, 0.6) is 0 Å². The minimum Gasteiger partial charge on any atom is -0.300 e. The summed E-state index contributed by atoms with van der Waals surface area (Å²) in [6.07, 6.45) is 6.17. The first kappa shape index (κ1) is 21.6. The predicted octanol–water partition coefficient (Wildman–Crippen LogP) is 5.35. The Morgan fingerprint density at radius 2 is 1.76 bits per heavy atom. The number of rotatable bonds is 9. The van der Waals surface area contributed by atoms with E-state index in [9.17, 15) is 5.26 Å². The van der Waals surface area contributed by atoms with Crippen LogP contribution in [-0.2, 0) is 6.42 Å². The topological polar surface area (TPSA) is 30.3 Å². The third-order valence-electron chi connectivity index (χ3n) is 6.24. The standard InChI is InChI=1S/C26H35N3/c1-3-4-6-11-26(24-12-13-25(21-27)22(2)20-24)29-18-16-28(17-19-29)15-14-23-9-7-5-8-10-23/h5,7-10,12-13,20,26H,3-4,6,11,14-19H2,1-2H3. The Bertz CT molecular complexity index is 785. The minimum atomic E-state index is 0.476. The Labute approximate surface area is 177 Å². The van der Waals surface area contributed by atoms with Crippen LogP contribution in [-0.4, -0.2) is 42.5 Å². The molecule has 0 N–H and O–H groups in total. The van der Waals surface area contributed by atoms with Crippen LogP contribution in [0, 0.1) is 18.3 Å².